The second kappa shape index (κ2) is 13.8. The smallest absolute Gasteiger partial charge is 0.222 e. The number of carbonyl (C=O) groups is 1. The van der Waals surface area contributed by atoms with Crippen molar-refractivity contribution in [2.75, 3.05) is 32.8 Å². The maximum Gasteiger partial charge on any atom is 0.222 e. The lowest BCUT2D eigenvalue weighted by Gasteiger charge is -2.16. The van der Waals surface area contributed by atoms with Crippen LogP contribution in [0, 0.1) is 0 Å². The number of ether oxygens (including phenoxy) is 1. The van der Waals surface area contributed by atoms with E-state index in [1.54, 1.807) is 0 Å². The molecule has 0 aliphatic carbocycles. The molecule has 2 rings (SSSR count). The van der Waals surface area contributed by atoms with Crippen LogP contribution in [0.1, 0.15) is 44.2 Å². The molecule has 0 aromatic heterocycles. The molecule has 27 heavy (non-hydrogen) atoms. The summed E-state index contributed by atoms with van der Waals surface area (Å²) in [5.74, 6) is 1.09. The molecule has 1 heterocycles. The Bertz CT molecular complexity index is 595. The number of benzene rings is 1. The van der Waals surface area contributed by atoms with E-state index < -0.39 is 0 Å². The van der Waals surface area contributed by atoms with Crippen molar-refractivity contribution >= 4 is 35.8 Å². The minimum Gasteiger partial charge on any atom is -0.382 e. The molecule has 1 aliphatic heterocycles. The van der Waals surface area contributed by atoms with Crippen LogP contribution in [-0.4, -0.2) is 49.6 Å². The van der Waals surface area contributed by atoms with E-state index in [1.807, 2.05) is 17.9 Å². The third-order valence-electron chi connectivity index (χ3n) is 4.26. The van der Waals surface area contributed by atoms with Gasteiger partial charge >= 0.3 is 0 Å². The van der Waals surface area contributed by atoms with Crippen LogP contribution in [0.4, 0.5) is 0 Å². The van der Waals surface area contributed by atoms with Crippen molar-refractivity contribution in [2.45, 2.75) is 46.2 Å². The fourth-order valence-corrected chi connectivity index (χ4v) is 2.96. The number of nitrogens with zero attached hydrogens (tertiary/aromatic N) is 2. The molecule has 7 heteroatoms. The number of hydrogen-bond acceptors (Lipinski definition) is 3. The maximum absolute atomic E-state index is 11.8. The van der Waals surface area contributed by atoms with Gasteiger partial charge in [0, 0.05) is 45.8 Å². The van der Waals surface area contributed by atoms with Gasteiger partial charge in [0.15, 0.2) is 5.96 Å². The third-order valence-corrected chi connectivity index (χ3v) is 4.26. The summed E-state index contributed by atoms with van der Waals surface area (Å²) in [6, 6.07) is 8.35. The molecule has 1 aromatic carbocycles. The zero-order valence-electron chi connectivity index (χ0n) is 16.5. The van der Waals surface area contributed by atoms with Crippen LogP contribution in [-0.2, 0) is 22.6 Å². The summed E-state index contributed by atoms with van der Waals surface area (Å²) in [6.07, 6.45) is 2.62. The molecule has 1 saturated heterocycles. The Balaban J connectivity index is 0.00000364. The standard InChI is InChI=1S/C20H32N4O2.HI/c1-3-21-20(22-11-7-13-26-4-2)23-15-17-8-5-9-18(14-17)16-24-12-6-10-19(24)25;/h5,8-9,14H,3-4,6-7,10-13,15-16H2,1-2H3,(H2,21,22,23);1H. The third kappa shape index (κ3) is 8.92. The number of carbonyl (C=O) groups excluding carboxylic acids is 1. The first-order chi connectivity index (χ1) is 12.7. The van der Waals surface area contributed by atoms with Gasteiger partial charge in [0.05, 0.1) is 6.54 Å². The van der Waals surface area contributed by atoms with E-state index in [9.17, 15) is 4.79 Å². The molecule has 6 nitrogen and oxygen atoms in total. The average Bonchev–Trinajstić information content (AvgIpc) is 3.04. The molecule has 1 aliphatic rings. The Labute approximate surface area is 180 Å². The van der Waals surface area contributed by atoms with Crippen LogP contribution < -0.4 is 10.6 Å². The fourth-order valence-electron chi connectivity index (χ4n) is 2.96. The van der Waals surface area contributed by atoms with Crippen LogP contribution in [0.3, 0.4) is 0 Å². The highest BCUT2D eigenvalue weighted by Gasteiger charge is 2.19. The van der Waals surface area contributed by atoms with Crippen molar-refractivity contribution in [3.8, 4) is 0 Å². The Kier molecular flexibility index (Phi) is 12.1. The number of likely N-dealkylation sites (tertiary alicyclic amines) is 1. The van der Waals surface area contributed by atoms with Gasteiger partial charge in [-0.25, -0.2) is 4.99 Å². The highest BCUT2D eigenvalue weighted by atomic mass is 127. The fraction of sp³-hybridized carbons (Fsp3) is 0.600. The van der Waals surface area contributed by atoms with Gasteiger partial charge in [-0.2, -0.15) is 0 Å². The summed E-state index contributed by atoms with van der Waals surface area (Å²) < 4.78 is 5.35. The number of hydrogen-bond donors (Lipinski definition) is 2. The highest BCUT2D eigenvalue weighted by Crippen LogP contribution is 2.15. The second-order valence-corrected chi connectivity index (χ2v) is 6.41. The largest absolute Gasteiger partial charge is 0.382 e. The van der Waals surface area contributed by atoms with Gasteiger partial charge in [-0.3, -0.25) is 4.79 Å². The van der Waals surface area contributed by atoms with Gasteiger partial charge in [0.25, 0.3) is 0 Å². The predicted octanol–water partition coefficient (Wildman–Crippen LogP) is 2.91. The van der Waals surface area contributed by atoms with E-state index in [-0.39, 0.29) is 29.9 Å². The summed E-state index contributed by atoms with van der Waals surface area (Å²) in [7, 11) is 0. The van der Waals surface area contributed by atoms with E-state index in [0.717, 1.165) is 57.2 Å². The number of nitrogens with one attached hydrogen (secondary N) is 2. The summed E-state index contributed by atoms with van der Waals surface area (Å²) in [6.45, 7) is 9.44. The van der Waals surface area contributed by atoms with E-state index in [4.69, 9.17) is 4.74 Å². The van der Waals surface area contributed by atoms with E-state index >= 15 is 0 Å². The highest BCUT2D eigenvalue weighted by molar-refractivity contribution is 14.0. The Morgan fingerprint density at radius 1 is 1.26 bits per heavy atom. The van der Waals surface area contributed by atoms with Crippen LogP contribution in [0.15, 0.2) is 29.3 Å². The zero-order chi connectivity index (χ0) is 18.6. The molecule has 0 radical (unpaired) electrons. The Morgan fingerprint density at radius 2 is 2.07 bits per heavy atom. The monoisotopic (exact) mass is 488 g/mol. The summed E-state index contributed by atoms with van der Waals surface area (Å²) in [5.41, 5.74) is 2.32. The molecule has 1 amide bonds. The Hall–Kier alpha value is -1.35. The normalized spacial score (nSPS) is 14.2. The van der Waals surface area contributed by atoms with Gasteiger partial charge in [-0.1, -0.05) is 24.3 Å². The van der Waals surface area contributed by atoms with Crippen molar-refractivity contribution in [3.63, 3.8) is 0 Å². The van der Waals surface area contributed by atoms with Crippen molar-refractivity contribution in [3.05, 3.63) is 35.4 Å². The summed E-state index contributed by atoms with van der Waals surface area (Å²) >= 11 is 0. The van der Waals surface area contributed by atoms with Crippen LogP contribution >= 0.6 is 24.0 Å². The molecule has 2 N–H and O–H groups in total. The summed E-state index contributed by atoms with van der Waals surface area (Å²) in [5, 5.41) is 6.60. The number of aliphatic imine (C=N–C) groups is 1. The molecule has 0 bridgehead atoms. The molecule has 0 spiro atoms. The first kappa shape index (κ1) is 23.7. The lowest BCUT2D eigenvalue weighted by Crippen LogP contribution is -2.38. The molecular formula is C20H33IN4O2. The van der Waals surface area contributed by atoms with Gasteiger partial charge in [-0.05, 0) is 37.8 Å². The molecular weight excluding hydrogens is 455 g/mol. The second-order valence-electron chi connectivity index (χ2n) is 6.41. The molecule has 1 fully saturated rings. The number of halogens is 1. The maximum atomic E-state index is 11.8. The van der Waals surface area contributed by atoms with Gasteiger partial charge in [0.2, 0.25) is 5.91 Å². The van der Waals surface area contributed by atoms with E-state index in [0.29, 0.717) is 19.5 Å². The first-order valence-corrected chi connectivity index (χ1v) is 9.68. The Morgan fingerprint density at radius 3 is 2.78 bits per heavy atom. The molecule has 0 unspecified atom stereocenters. The lowest BCUT2D eigenvalue weighted by atomic mass is 10.1. The van der Waals surface area contributed by atoms with Crippen LogP contribution in [0.2, 0.25) is 0 Å². The van der Waals surface area contributed by atoms with Crippen LogP contribution in [0.25, 0.3) is 0 Å². The minimum atomic E-state index is 0. The van der Waals surface area contributed by atoms with Crippen molar-refractivity contribution in [1.82, 2.24) is 15.5 Å². The van der Waals surface area contributed by atoms with Gasteiger partial charge < -0.3 is 20.3 Å². The average molecular weight is 488 g/mol. The number of rotatable bonds is 10. The number of amides is 1. The molecule has 0 atom stereocenters. The quantitative estimate of drug-likeness (QED) is 0.230. The van der Waals surface area contributed by atoms with Crippen molar-refractivity contribution < 1.29 is 9.53 Å². The van der Waals surface area contributed by atoms with E-state index in [1.165, 1.54) is 5.56 Å². The summed E-state index contributed by atoms with van der Waals surface area (Å²) in [4.78, 5) is 18.4. The predicted molar refractivity (Wildman–Crippen MR) is 120 cm³/mol. The lowest BCUT2D eigenvalue weighted by molar-refractivity contribution is -0.128. The first-order valence-electron chi connectivity index (χ1n) is 9.68. The van der Waals surface area contributed by atoms with Gasteiger partial charge in [0.1, 0.15) is 0 Å². The molecule has 152 valence electrons. The number of guanidine groups is 1. The molecule has 1 aromatic rings. The van der Waals surface area contributed by atoms with Gasteiger partial charge in [-0.15, -0.1) is 24.0 Å². The SMILES string of the molecule is CCNC(=NCc1cccc(CN2CCCC2=O)c1)NCCCOCC.I. The van der Waals surface area contributed by atoms with Crippen LogP contribution in [0.5, 0.6) is 0 Å². The molecule has 0 saturated carbocycles. The van der Waals surface area contributed by atoms with Crippen molar-refractivity contribution in [1.29, 1.82) is 0 Å². The minimum absolute atomic E-state index is 0. The zero-order valence-corrected chi connectivity index (χ0v) is 18.8. The van der Waals surface area contributed by atoms with E-state index in [2.05, 4.69) is 40.7 Å². The topological polar surface area (TPSA) is 66.0 Å². The van der Waals surface area contributed by atoms with Crippen molar-refractivity contribution in [2.24, 2.45) is 4.99 Å².